The number of rotatable bonds is 5. The van der Waals surface area contributed by atoms with E-state index in [1.54, 1.807) is 6.07 Å². The van der Waals surface area contributed by atoms with E-state index in [0.717, 1.165) is 30.3 Å². The summed E-state index contributed by atoms with van der Waals surface area (Å²) < 4.78 is 48.9. The second kappa shape index (κ2) is 10.1. The molecule has 1 unspecified atom stereocenters. The number of halogens is 3. The first-order valence-corrected chi connectivity index (χ1v) is 11.1. The number of nitrogens with zero attached hydrogens (tertiary/aromatic N) is 2. The summed E-state index contributed by atoms with van der Waals surface area (Å²) in [6.07, 6.45) is 1.40. The number of pyridine rings is 2. The second-order valence-electron chi connectivity index (χ2n) is 8.76. The summed E-state index contributed by atoms with van der Waals surface area (Å²) in [5, 5.41) is 13.1. The maximum absolute atomic E-state index is 14.4. The molecule has 1 aliphatic heterocycles. The Morgan fingerprint density at radius 1 is 1.14 bits per heavy atom. The maximum Gasteiger partial charge on any atom is 0.274 e. The van der Waals surface area contributed by atoms with E-state index in [4.69, 9.17) is 10.5 Å². The minimum absolute atomic E-state index is 0.000609. The van der Waals surface area contributed by atoms with Gasteiger partial charge in [0.2, 0.25) is 0 Å². The van der Waals surface area contributed by atoms with Crippen molar-refractivity contribution in [3.63, 3.8) is 0 Å². The Kier molecular flexibility index (Phi) is 7.15. The Morgan fingerprint density at radius 3 is 2.54 bits per heavy atom. The van der Waals surface area contributed by atoms with Crippen LogP contribution >= 0.6 is 0 Å². The first kappa shape index (κ1) is 24.8. The van der Waals surface area contributed by atoms with Gasteiger partial charge in [0.25, 0.3) is 5.91 Å². The molecule has 1 saturated heterocycles. The fraction of sp³-hybridized carbons (Fsp3) is 0.320. The smallest absolute Gasteiger partial charge is 0.274 e. The summed E-state index contributed by atoms with van der Waals surface area (Å²) in [6.45, 7) is 3.82. The first-order valence-electron chi connectivity index (χ1n) is 11.1. The number of nitrogens with one attached hydrogen (secondary N) is 1. The molecular formula is C25H25F3N4O3. The molecule has 0 saturated carbocycles. The Labute approximate surface area is 200 Å². The number of aliphatic hydroxyl groups is 1. The molecule has 0 radical (unpaired) electrons. The average molecular weight is 486 g/mol. The van der Waals surface area contributed by atoms with Gasteiger partial charge in [0.15, 0.2) is 0 Å². The van der Waals surface area contributed by atoms with Gasteiger partial charge < -0.3 is 20.9 Å². The zero-order valence-corrected chi connectivity index (χ0v) is 19.1. The second-order valence-corrected chi connectivity index (χ2v) is 8.76. The standard InChI is InChI=1S/C25H25F3N4O3/c1-12(2)24-23(33)17(29)10-20(35-24)13-8-9-30-11-19(13)32-25(34)18-7-6-16(28)22(31-18)21-14(26)4-3-5-15(21)27/h3-9,11-12,17,20,23-24,33H,10,29H2,1-2H3,(H,32,34)/t17-,20?,23+,24-/m0/s1. The predicted molar refractivity (Wildman–Crippen MR) is 123 cm³/mol. The lowest BCUT2D eigenvalue weighted by molar-refractivity contribution is -0.145. The van der Waals surface area contributed by atoms with Crippen LogP contribution in [-0.4, -0.2) is 39.2 Å². The van der Waals surface area contributed by atoms with Gasteiger partial charge in [-0.3, -0.25) is 9.78 Å². The van der Waals surface area contributed by atoms with Crippen LogP contribution in [0.3, 0.4) is 0 Å². The lowest BCUT2D eigenvalue weighted by Crippen LogP contribution is -2.51. The van der Waals surface area contributed by atoms with Gasteiger partial charge in [0.1, 0.15) is 28.8 Å². The van der Waals surface area contributed by atoms with Crippen LogP contribution in [0.25, 0.3) is 11.3 Å². The summed E-state index contributed by atoms with van der Waals surface area (Å²) in [6, 6.07) is 6.27. The topological polar surface area (TPSA) is 110 Å². The zero-order valence-electron chi connectivity index (χ0n) is 19.1. The molecule has 1 fully saturated rings. The number of hydrogen-bond donors (Lipinski definition) is 3. The number of ether oxygens (including phenoxy) is 1. The van der Waals surface area contributed by atoms with Gasteiger partial charge in [-0.15, -0.1) is 0 Å². The molecule has 7 nitrogen and oxygen atoms in total. The van der Waals surface area contributed by atoms with Gasteiger partial charge >= 0.3 is 0 Å². The molecule has 2 aromatic heterocycles. The third-order valence-electron chi connectivity index (χ3n) is 5.97. The molecule has 0 aliphatic carbocycles. The Balaban J connectivity index is 1.63. The van der Waals surface area contributed by atoms with Crippen molar-refractivity contribution in [2.24, 2.45) is 11.7 Å². The van der Waals surface area contributed by atoms with Crippen molar-refractivity contribution in [1.82, 2.24) is 9.97 Å². The molecule has 1 aromatic carbocycles. The Hall–Kier alpha value is -3.34. The van der Waals surface area contributed by atoms with Gasteiger partial charge in [-0.05, 0) is 42.7 Å². The maximum atomic E-state index is 14.4. The highest BCUT2D eigenvalue weighted by Crippen LogP contribution is 2.37. The van der Waals surface area contributed by atoms with Crippen LogP contribution in [0.5, 0.6) is 0 Å². The van der Waals surface area contributed by atoms with Crippen molar-refractivity contribution in [1.29, 1.82) is 0 Å². The fourth-order valence-corrected chi connectivity index (χ4v) is 4.15. The molecule has 1 amide bonds. The van der Waals surface area contributed by atoms with Gasteiger partial charge in [-0.1, -0.05) is 19.9 Å². The predicted octanol–water partition coefficient (Wildman–Crippen LogP) is 3.99. The van der Waals surface area contributed by atoms with Crippen molar-refractivity contribution in [2.75, 3.05) is 5.32 Å². The molecule has 4 rings (SSSR count). The van der Waals surface area contributed by atoms with E-state index in [0.29, 0.717) is 17.7 Å². The highest BCUT2D eigenvalue weighted by molar-refractivity contribution is 6.03. The van der Waals surface area contributed by atoms with Crippen LogP contribution in [0.15, 0.2) is 48.8 Å². The van der Waals surface area contributed by atoms with Gasteiger partial charge in [-0.2, -0.15) is 0 Å². The largest absolute Gasteiger partial charge is 0.389 e. The normalized spacial score (nSPS) is 22.3. The summed E-state index contributed by atoms with van der Waals surface area (Å²) in [7, 11) is 0. The monoisotopic (exact) mass is 486 g/mol. The number of carbonyl (C=O) groups excluding carboxylic acids is 1. The quantitative estimate of drug-likeness (QED) is 0.503. The van der Waals surface area contributed by atoms with Gasteiger partial charge in [-0.25, -0.2) is 18.2 Å². The summed E-state index contributed by atoms with van der Waals surface area (Å²) in [4.78, 5) is 20.9. The number of carbonyl (C=O) groups is 1. The van der Waals surface area contributed by atoms with Crippen LogP contribution in [-0.2, 0) is 4.74 Å². The number of aliphatic hydroxyl groups excluding tert-OH is 1. The lowest BCUT2D eigenvalue weighted by atomic mass is 9.88. The third kappa shape index (κ3) is 5.04. The van der Waals surface area contributed by atoms with Crippen LogP contribution in [0.1, 0.15) is 42.4 Å². The van der Waals surface area contributed by atoms with Crippen LogP contribution < -0.4 is 11.1 Å². The van der Waals surface area contributed by atoms with Crippen LogP contribution in [0.4, 0.5) is 18.9 Å². The van der Waals surface area contributed by atoms with Crippen LogP contribution in [0, 0.1) is 23.4 Å². The number of hydrogen-bond acceptors (Lipinski definition) is 6. The number of aromatic nitrogens is 2. The molecular weight excluding hydrogens is 461 g/mol. The van der Waals surface area contributed by atoms with E-state index in [1.165, 1.54) is 12.4 Å². The number of anilines is 1. The van der Waals surface area contributed by atoms with Crippen molar-refractivity contribution < 1.29 is 27.8 Å². The van der Waals surface area contributed by atoms with E-state index < -0.39 is 59.0 Å². The van der Waals surface area contributed by atoms with Crippen molar-refractivity contribution in [3.8, 4) is 11.3 Å². The summed E-state index contributed by atoms with van der Waals surface area (Å²) in [5.41, 5.74) is 5.51. The van der Waals surface area contributed by atoms with E-state index >= 15 is 0 Å². The van der Waals surface area contributed by atoms with Crippen molar-refractivity contribution in [2.45, 2.75) is 44.6 Å². The highest BCUT2D eigenvalue weighted by atomic mass is 19.1. The van der Waals surface area contributed by atoms with E-state index in [9.17, 15) is 23.1 Å². The zero-order chi connectivity index (χ0) is 25.3. The number of amides is 1. The molecule has 0 bridgehead atoms. The Bertz CT molecular complexity index is 1220. The fourth-order valence-electron chi connectivity index (χ4n) is 4.15. The van der Waals surface area contributed by atoms with E-state index in [1.807, 2.05) is 13.8 Å². The van der Waals surface area contributed by atoms with Crippen molar-refractivity contribution >= 4 is 11.6 Å². The number of benzene rings is 1. The van der Waals surface area contributed by atoms with E-state index in [-0.39, 0.29) is 11.6 Å². The first-order chi connectivity index (χ1) is 16.7. The Morgan fingerprint density at radius 2 is 1.86 bits per heavy atom. The third-order valence-corrected chi connectivity index (χ3v) is 5.97. The lowest BCUT2D eigenvalue weighted by Gasteiger charge is -2.40. The summed E-state index contributed by atoms with van der Waals surface area (Å²) >= 11 is 0. The molecule has 35 heavy (non-hydrogen) atoms. The minimum atomic E-state index is -1.00. The SMILES string of the molecule is CC(C)[C@@H]1OC(c2ccncc2NC(=O)c2ccc(F)c(-c3c(F)cccc3F)n2)C[C@H](N)[C@H]1O. The van der Waals surface area contributed by atoms with Gasteiger partial charge in [0, 0.05) is 17.8 Å². The number of nitrogens with two attached hydrogens (primary N) is 1. The summed E-state index contributed by atoms with van der Waals surface area (Å²) in [5.74, 6) is -3.72. The highest BCUT2D eigenvalue weighted by Gasteiger charge is 2.38. The minimum Gasteiger partial charge on any atom is -0.389 e. The average Bonchev–Trinajstić information content (AvgIpc) is 2.82. The molecule has 10 heteroatoms. The molecule has 184 valence electrons. The molecule has 4 atom stereocenters. The molecule has 1 aliphatic rings. The van der Waals surface area contributed by atoms with Gasteiger partial charge in [0.05, 0.1) is 35.8 Å². The molecule has 3 aromatic rings. The molecule has 4 N–H and O–H groups in total. The molecule has 3 heterocycles. The van der Waals surface area contributed by atoms with Crippen molar-refractivity contribution in [3.05, 3.63) is 77.5 Å². The van der Waals surface area contributed by atoms with E-state index in [2.05, 4.69) is 15.3 Å². The van der Waals surface area contributed by atoms with Crippen LogP contribution in [0.2, 0.25) is 0 Å². The molecule has 0 spiro atoms.